The Morgan fingerprint density at radius 3 is 1.41 bits per heavy atom. The first-order valence-corrected chi connectivity index (χ1v) is 37.6. The summed E-state index contributed by atoms with van der Waals surface area (Å²) in [6.07, 6.45) is 27.1. The average molecular weight is 1290 g/mol. The van der Waals surface area contributed by atoms with Gasteiger partial charge in [0.25, 0.3) is 6.71 Å². The van der Waals surface area contributed by atoms with Crippen molar-refractivity contribution in [3.8, 4) is 55.6 Å². The minimum atomic E-state index is -0.168. The van der Waals surface area contributed by atoms with Gasteiger partial charge in [0.1, 0.15) is 0 Å². The molecule has 19 rings (SSSR count). The van der Waals surface area contributed by atoms with E-state index < -0.39 is 0 Å². The maximum atomic E-state index is 3.06. The van der Waals surface area contributed by atoms with Gasteiger partial charge in [-0.2, -0.15) is 0 Å². The summed E-state index contributed by atoms with van der Waals surface area (Å²) >= 11 is 0. The Kier molecular flexibility index (Phi) is 14.6. The first-order chi connectivity index (χ1) is 48.9. The molecule has 0 spiro atoms. The van der Waals surface area contributed by atoms with Gasteiger partial charge in [-0.25, -0.2) is 0 Å². The average Bonchev–Trinajstić information content (AvgIpc) is 0.760. The third-order valence-corrected chi connectivity index (χ3v) is 24.8. The first-order valence-electron chi connectivity index (χ1n) is 37.6. The number of allylic oxidation sites excluding steroid dienone is 12. The predicted molar refractivity (Wildman–Crippen MR) is 424 cm³/mol. The van der Waals surface area contributed by atoms with Crippen LogP contribution in [-0.2, 0) is 0 Å². The molecule has 9 aliphatic rings. The molecular formula is C96H88BN3. The normalized spacial score (nSPS) is 22.3. The molecule has 3 nitrogen and oxygen atoms in total. The summed E-state index contributed by atoms with van der Waals surface area (Å²) in [6, 6.07) is 92.3. The lowest BCUT2D eigenvalue weighted by Crippen LogP contribution is -2.61. The molecule has 1 saturated heterocycles. The standard InChI is InChI=1S/C96H88BN3/c1-95(2,3)71-52-68-46-47-69-53-72(96(4,5)6)58-81-80(55-70(54-71)90(68)91(69)81)67-49-51-86-83(56-67)97-82-50-48-66(61-28-12-7-13-29-61)57-87(82)100(94-76(64-34-18-10-19-35-64)42-27-43-77(94)65-36-20-11-21-37-65)89-60-73(98-84-44-24-22-38-78(84)79-39-23-25-45-85(79)98)59-88(92(89)97)99(86)93-74(62-30-14-8-15-31-62)40-26-41-75(93)63-32-16-9-17-33-63/h7-21,26-37,40-43,46-51,53-60,68,78-79,84-85,90-91H,22-25,38-39,44-45,52H2,1-6H3. The SMILES string of the molecule is CC(C)(C)C1=CC2=C(c3ccc4c(c3)B3c5ccc(-c6ccccc6)cc5N(c5c(-c6ccccc6)cccc5-c5ccccc5)c5cc(N6C7CCCCC7C7CCCCC76)cc(c53)N4c3c(-c4ccccc4)cccc3-c3ccccc3)C=C3C=C(C(C)(C)C)CC4C=CC(=C1)C2C34. The van der Waals surface area contributed by atoms with Crippen LogP contribution in [0.25, 0.3) is 61.2 Å². The van der Waals surface area contributed by atoms with Crippen molar-refractivity contribution in [2.45, 2.75) is 111 Å². The Morgan fingerprint density at radius 1 is 0.390 bits per heavy atom. The number of para-hydroxylation sites is 2. The zero-order valence-electron chi connectivity index (χ0n) is 58.8. The molecule has 0 N–H and O–H groups in total. The maximum absolute atomic E-state index is 3.06. The number of nitrogens with zero attached hydrogens (tertiary/aromatic N) is 3. The van der Waals surface area contributed by atoms with Crippen LogP contribution in [0.15, 0.2) is 301 Å². The molecule has 10 aromatic rings. The van der Waals surface area contributed by atoms with Crippen LogP contribution in [0.4, 0.5) is 39.8 Å². The Bertz CT molecular complexity index is 4980. The number of rotatable bonds is 9. The highest BCUT2D eigenvalue weighted by Gasteiger charge is 2.53. The fourth-order valence-corrected chi connectivity index (χ4v) is 20.1. The molecule has 4 heteroatoms. The third kappa shape index (κ3) is 9.96. The number of fused-ring (bicyclic) bond motifs is 7. The van der Waals surface area contributed by atoms with Gasteiger partial charge >= 0.3 is 0 Å². The minimum Gasteiger partial charge on any atom is -0.365 e. The van der Waals surface area contributed by atoms with Crippen molar-refractivity contribution in [2.75, 3.05) is 14.7 Å². The molecule has 2 saturated carbocycles. The Hall–Kier alpha value is -9.90. The number of benzene rings is 10. The van der Waals surface area contributed by atoms with Crippen molar-refractivity contribution >= 4 is 68.5 Å². The van der Waals surface area contributed by atoms with Gasteiger partial charge in [0, 0.05) is 74.6 Å². The van der Waals surface area contributed by atoms with Crippen molar-refractivity contribution in [1.29, 1.82) is 0 Å². The first kappa shape index (κ1) is 61.2. The summed E-state index contributed by atoms with van der Waals surface area (Å²) in [6.45, 7) is 14.3. The van der Waals surface area contributed by atoms with Crippen LogP contribution in [-0.4, -0.2) is 18.8 Å². The zero-order valence-corrected chi connectivity index (χ0v) is 58.8. The Labute approximate surface area is 593 Å². The summed E-state index contributed by atoms with van der Waals surface area (Å²) in [5, 5.41) is 0. The van der Waals surface area contributed by atoms with Crippen molar-refractivity contribution in [2.24, 2.45) is 40.4 Å². The molecule has 0 radical (unpaired) electrons. The van der Waals surface area contributed by atoms with Crippen LogP contribution in [0.3, 0.4) is 0 Å². The van der Waals surface area contributed by atoms with E-state index in [0.29, 0.717) is 35.8 Å². The van der Waals surface area contributed by atoms with E-state index in [1.807, 2.05) is 0 Å². The lowest BCUT2D eigenvalue weighted by Gasteiger charge is -2.48. The maximum Gasteiger partial charge on any atom is 0.252 e. The minimum absolute atomic E-state index is 0.0464. The molecule has 6 aliphatic carbocycles. The summed E-state index contributed by atoms with van der Waals surface area (Å²) in [7, 11) is 0. The molecule has 100 heavy (non-hydrogen) atoms. The lowest BCUT2D eigenvalue weighted by molar-refractivity contribution is 0.231. The van der Waals surface area contributed by atoms with Crippen LogP contribution in [0.1, 0.15) is 105 Å². The fraction of sp³-hybridized carbons (Fsp3) is 0.250. The van der Waals surface area contributed by atoms with Crippen LogP contribution < -0.4 is 31.1 Å². The molecule has 7 unspecified atom stereocenters. The highest BCUT2D eigenvalue weighted by Crippen LogP contribution is 2.60. The van der Waals surface area contributed by atoms with Gasteiger partial charge in [-0.15, -0.1) is 0 Å². The van der Waals surface area contributed by atoms with Gasteiger partial charge in [-0.3, -0.25) is 0 Å². The van der Waals surface area contributed by atoms with Crippen molar-refractivity contribution in [1.82, 2.24) is 0 Å². The Morgan fingerprint density at radius 2 is 0.890 bits per heavy atom. The molecular weight excluding hydrogens is 1210 g/mol. The zero-order chi connectivity index (χ0) is 67.1. The molecule has 0 amide bonds. The van der Waals surface area contributed by atoms with Crippen LogP contribution in [0.2, 0.25) is 0 Å². The molecule has 10 aromatic carbocycles. The van der Waals surface area contributed by atoms with Crippen LogP contribution >= 0.6 is 0 Å². The smallest absolute Gasteiger partial charge is 0.252 e. The lowest BCUT2D eigenvalue weighted by atomic mass is 9.33. The molecule has 3 fully saturated rings. The van der Waals surface area contributed by atoms with E-state index in [1.54, 1.807) is 5.57 Å². The monoisotopic (exact) mass is 1290 g/mol. The van der Waals surface area contributed by atoms with E-state index >= 15 is 0 Å². The number of hydrogen-bond donors (Lipinski definition) is 0. The molecule has 0 aromatic heterocycles. The molecule has 3 aliphatic heterocycles. The highest BCUT2D eigenvalue weighted by atomic mass is 15.3. The fourth-order valence-electron chi connectivity index (χ4n) is 20.1. The van der Waals surface area contributed by atoms with E-state index in [4.69, 9.17) is 0 Å². The van der Waals surface area contributed by atoms with Gasteiger partial charge in [0.15, 0.2) is 0 Å². The second-order valence-electron chi connectivity index (χ2n) is 32.4. The second kappa shape index (κ2) is 23.9. The predicted octanol–water partition coefficient (Wildman–Crippen LogP) is 23.4. The van der Waals surface area contributed by atoms with E-state index in [0.717, 1.165) is 6.42 Å². The van der Waals surface area contributed by atoms with Gasteiger partial charge in [-0.1, -0.05) is 322 Å². The topological polar surface area (TPSA) is 9.72 Å². The summed E-state index contributed by atoms with van der Waals surface area (Å²) in [5.41, 5.74) is 34.8. The van der Waals surface area contributed by atoms with E-state index in [-0.39, 0.29) is 23.5 Å². The largest absolute Gasteiger partial charge is 0.365 e. The third-order valence-electron chi connectivity index (χ3n) is 24.8. The molecule has 0 bridgehead atoms. The van der Waals surface area contributed by atoms with E-state index in [1.165, 1.54) is 197 Å². The number of anilines is 7. The second-order valence-corrected chi connectivity index (χ2v) is 32.4. The van der Waals surface area contributed by atoms with Crippen molar-refractivity contribution < 1.29 is 0 Å². The van der Waals surface area contributed by atoms with E-state index in [9.17, 15) is 0 Å². The number of hydrogen-bond acceptors (Lipinski definition) is 3. The van der Waals surface area contributed by atoms with E-state index in [2.05, 4.69) is 329 Å². The van der Waals surface area contributed by atoms with Gasteiger partial charge in [0.2, 0.25) is 0 Å². The molecule has 490 valence electrons. The summed E-state index contributed by atoms with van der Waals surface area (Å²) in [5.74, 6) is 2.48. The quantitative estimate of drug-likeness (QED) is 0.133. The van der Waals surface area contributed by atoms with Gasteiger partial charge in [-0.05, 0) is 168 Å². The van der Waals surface area contributed by atoms with Gasteiger partial charge in [0.05, 0.1) is 11.4 Å². The Balaban J connectivity index is 0.969. The van der Waals surface area contributed by atoms with Crippen LogP contribution in [0.5, 0.6) is 0 Å². The van der Waals surface area contributed by atoms with Crippen molar-refractivity contribution in [3.05, 3.63) is 306 Å². The summed E-state index contributed by atoms with van der Waals surface area (Å²) in [4.78, 5) is 8.67. The van der Waals surface area contributed by atoms with Crippen molar-refractivity contribution in [3.63, 3.8) is 0 Å². The summed E-state index contributed by atoms with van der Waals surface area (Å²) < 4.78 is 0. The van der Waals surface area contributed by atoms with Gasteiger partial charge < -0.3 is 14.7 Å². The highest BCUT2D eigenvalue weighted by molar-refractivity contribution is 7.00. The molecule has 3 heterocycles. The molecule has 7 atom stereocenters. The van der Waals surface area contributed by atoms with Crippen LogP contribution in [0, 0.1) is 40.4 Å².